The van der Waals surface area contributed by atoms with Crippen LogP contribution in [0.4, 0.5) is 16.2 Å². The zero-order valence-corrected chi connectivity index (χ0v) is 25.6. The standard InChI is InChI=1S/C35H42N5O5/c41-30-16-21-38(22-17-30)26-34(43)37-29-13-9-12-28(24-29)33(42)25-36-18-23-45-35(44)40(39-19-7-2-8-20-39)32-15-6-5-14-31(32)27-10-3-1-4-11-27/h1-6,9-15,24,30,36,41H,7-8,16-23,25-26H2,(H,37,43). The third-order valence-electron chi connectivity index (χ3n) is 8.04. The average Bonchev–Trinajstić information content (AvgIpc) is 3.07. The summed E-state index contributed by atoms with van der Waals surface area (Å²) in [6, 6.07) is 24.7. The van der Waals surface area contributed by atoms with Crippen LogP contribution in [0.25, 0.3) is 11.1 Å². The quantitative estimate of drug-likeness (QED) is 0.204. The lowest BCUT2D eigenvalue weighted by Crippen LogP contribution is -2.50. The van der Waals surface area contributed by atoms with Gasteiger partial charge in [0.2, 0.25) is 5.91 Å². The lowest BCUT2D eigenvalue weighted by Gasteiger charge is -2.37. The van der Waals surface area contributed by atoms with Gasteiger partial charge in [0.15, 0.2) is 5.78 Å². The first kappa shape index (κ1) is 32.3. The number of hydrazine groups is 1. The first-order valence-corrected chi connectivity index (χ1v) is 15.7. The molecule has 2 saturated heterocycles. The van der Waals surface area contributed by atoms with Crippen LogP contribution in [0.3, 0.4) is 0 Å². The molecule has 0 aliphatic carbocycles. The summed E-state index contributed by atoms with van der Waals surface area (Å²) >= 11 is 0. The molecule has 0 aromatic heterocycles. The van der Waals surface area contributed by atoms with Gasteiger partial charge in [0.25, 0.3) is 0 Å². The Balaban J connectivity index is 1.12. The van der Waals surface area contributed by atoms with E-state index in [1.807, 2.05) is 64.5 Å². The van der Waals surface area contributed by atoms with E-state index in [9.17, 15) is 19.5 Å². The minimum atomic E-state index is -0.461. The van der Waals surface area contributed by atoms with Gasteiger partial charge in [0.1, 0.15) is 6.61 Å². The summed E-state index contributed by atoms with van der Waals surface area (Å²) in [5.41, 5.74) is 3.76. The molecule has 2 heterocycles. The molecule has 2 amide bonds. The number of nitrogens with zero attached hydrogens (tertiary/aromatic N) is 3. The summed E-state index contributed by atoms with van der Waals surface area (Å²) in [7, 11) is 0. The molecule has 0 unspecified atom stereocenters. The van der Waals surface area contributed by atoms with Crippen LogP contribution in [0, 0.1) is 6.42 Å². The smallest absolute Gasteiger partial charge is 0.429 e. The number of benzene rings is 3. The van der Waals surface area contributed by atoms with E-state index in [-0.39, 0.29) is 37.5 Å². The number of para-hydroxylation sites is 1. The van der Waals surface area contributed by atoms with E-state index in [1.54, 1.807) is 29.3 Å². The summed E-state index contributed by atoms with van der Waals surface area (Å²) in [6.07, 6.45) is 4.59. The Morgan fingerprint density at radius 2 is 1.62 bits per heavy atom. The summed E-state index contributed by atoms with van der Waals surface area (Å²) in [5, 5.41) is 19.3. The van der Waals surface area contributed by atoms with Crippen molar-refractivity contribution in [1.29, 1.82) is 0 Å². The van der Waals surface area contributed by atoms with E-state index in [2.05, 4.69) is 17.1 Å². The number of carbonyl (C=O) groups excluding carboxylic acids is 3. The number of likely N-dealkylation sites (tertiary alicyclic amines) is 1. The number of hydrogen-bond acceptors (Lipinski definition) is 8. The Bertz CT molecular complexity index is 1420. The fourth-order valence-corrected chi connectivity index (χ4v) is 5.65. The number of carbonyl (C=O) groups is 3. The van der Waals surface area contributed by atoms with Gasteiger partial charge >= 0.3 is 6.09 Å². The largest absolute Gasteiger partial charge is 0.447 e. The van der Waals surface area contributed by atoms with E-state index < -0.39 is 6.09 Å². The van der Waals surface area contributed by atoms with Crippen molar-refractivity contribution in [3.05, 3.63) is 90.8 Å². The lowest BCUT2D eigenvalue weighted by molar-refractivity contribution is -0.117. The van der Waals surface area contributed by atoms with Gasteiger partial charge in [0.05, 0.1) is 24.9 Å². The zero-order chi connectivity index (χ0) is 31.4. The number of aliphatic hydroxyl groups is 1. The number of amides is 2. The van der Waals surface area contributed by atoms with E-state index in [0.717, 1.165) is 29.7 Å². The van der Waals surface area contributed by atoms with Crippen molar-refractivity contribution >= 4 is 29.2 Å². The van der Waals surface area contributed by atoms with Crippen molar-refractivity contribution in [2.45, 2.75) is 31.8 Å². The fraction of sp³-hybridized carbons (Fsp3) is 0.371. The van der Waals surface area contributed by atoms with Crippen LogP contribution in [0.5, 0.6) is 0 Å². The molecule has 2 aliphatic rings. The average molecular weight is 613 g/mol. The molecule has 5 rings (SSSR count). The topological polar surface area (TPSA) is 114 Å². The van der Waals surface area contributed by atoms with Gasteiger partial charge in [-0.05, 0) is 55.9 Å². The van der Waals surface area contributed by atoms with Gasteiger partial charge in [-0.2, -0.15) is 0 Å². The monoisotopic (exact) mass is 612 g/mol. The van der Waals surface area contributed by atoms with Gasteiger partial charge < -0.3 is 20.5 Å². The maximum Gasteiger partial charge on any atom is 0.429 e. The summed E-state index contributed by atoms with van der Waals surface area (Å²) in [6.45, 7) is 3.51. The lowest BCUT2D eigenvalue weighted by atomic mass is 10.0. The van der Waals surface area contributed by atoms with E-state index in [0.29, 0.717) is 56.8 Å². The van der Waals surface area contributed by atoms with E-state index in [1.165, 1.54) is 0 Å². The van der Waals surface area contributed by atoms with Gasteiger partial charge in [-0.1, -0.05) is 60.7 Å². The maximum absolute atomic E-state index is 13.5. The van der Waals surface area contributed by atoms with Crippen LogP contribution in [0.15, 0.2) is 78.9 Å². The molecular weight excluding hydrogens is 570 g/mol. The van der Waals surface area contributed by atoms with Gasteiger partial charge in [-0.15, -0.1) is 0 Å². The highest BCUT2D eigenvalue weighted by molar-refractivity contribution is 6.00. The summed E-state index contributed by atoms with van der Waals surface area (Å²) in [5.74, 6) is -0.288. The normalized spacial score (nSPS) is 16.2. The Morgan fingerprint density at radius 1 is 0.889 bits per heavy atom. The maximum atomic E-state index is 13.5. The molecule has 3 aromatic carbocycles. The minimum Gasteiger partial charge on any atom is -0.447 e. The highest BCUT2D eigenvalue weighted by atomic mass is 16.6. The van der Waals surface area contributed by atoms with Crippen LogP contribution in [-0.2, 0) is 9.53 Å². The molecule has 0 bridgehead atoms. The van der Waals surface area contributed by atoms with Gasteiger partial charge in [0, 0.05) is 49.5 Å². The molecule has 0 spiro atoms. The molecule has 10 nitrogen and oxygen atoms in total. The number of piperidine rings is 2. The number of aliphatic hydroxyl groups excluding tert-OH is 1. The third kappa shape index (κ3) is 9.21. The van der Waals surface area contributed by atoms with Crippen molar-refractivity contribution in [3.63, 3.8) is 0 Å². The van der Waals surface area contributed by atoms with Crippen LogP contribution in [0.1, 0.15) is 36.0 Å². The molecule has 3 aromatic rings. The highest BCUT2D eigenvalue weighted by Crippen LogP contribution is 2.33. The highest BCUT2D eigenvalue weighted by Gasteiger charge is 2.28. The van der Waals surface area contributed by atoms with Gasteiger partial charge in [-0.3, -0.25) is 14.5 Å². The van der Waals surface area contributed by atoms with Crippen molar-refractivity contribution in [3.8, 4) is 11.1 Å². The second kappa shape index (κ2) is 16.3. The first-order valence-electron chi connectivity index (χ1n) is 15.7. The predicted octanol–water partition coefficient (Wildman–Crippen LogP) is 4.38. The SMILES string of the molecule is O=C(CN1CCC(O)CC1)Nc1cccc(C(=O)CNCCOC(=O)N(c2ccccc2-c2ccccc2)N2CC[CH]CC2)c1. The second-order valence-corrected chi connectivity index (χ2v) is 11.4. The van der Waals surface area contributed by atoms with Crippen LogP contribution < -0.4 is 15.6 Å². The Hall–Kier alpha value is -4.09. The molecule has 10 heteroatoms. The molecule has 0 atom stereocenters. The number of nitrogens with one attached hydrogen (secondary N) is 2. The number of ketones is 1. The Kier molecular flexibility index (Phi) is 11.7. The van der Waals surface area contributed by atoms with Crippen molar-refractivity contribution in [2.24, 2.45) is 0 Å². The Morgan fingerprint density at radius 3 is 2.40 bits per heavy atom. The van der Waals surface area contributed by atoms with E-state index in [4.69, 9.17) is 4.74 Å². The van der Waals surface area contributed by atoms with Crippen LogP contribution >= 0.6 is 0 Å². The number of hydrogen-bond donors (Lipinski definition) is 3. The van der Waals surface area contributed by atoms with Crippen LogP contribution in [0.2, 0.25) is 0 Å². The first-order chi connectivity index (χ1) is 22.0. The molecule has 2 fully saturated rings. The number of ether oxygens (including phenoxy) is 1. The fourth-order valence-electron chi connectivity index (χ4n) is 5.65. The van der Waals surface area contributed by atoms with Crippen molar-refractivity contribution in [1.82, 2.24) is 15.2 Å². The molecule has 2 aliphatic heterocycles. The van der Waals surface area contributed by atoms with E-state index >= 15 is 0 Å². The number of anilines is 2. The molecular formula is C35H42N5O5. The third-order valence-corrected chi connectivity index (χ3v) is 8.04. The molecule has 45 heavy (non-hydrogen) atoms. The number of rotatable bonds is 12. The molecule has 237 valence electrons. The van der Waals surface area contributed by atoms with Crippen LogP contribution in [-0.4, -0.2) is 91.3 Å². The van der Waals surface area contributed by atoms with Crippen molar-refractivity contribution in [2.75, 3.05) is 62.7 Å². The second-order valence-electron chi connectivity index (χ2n) is 11.4. The summed E-state index contributed by atoms with van der Waals surface area (Å²) < 4.78 is 5.72. The molecule has 1 radical (unpaired) electrons. The van der Waals surface area contributed by atoms with Crippen molar-refractivity contribution < 1.29 is 24.2 Å². The Labute approximate surface area is 264 Å². The predicted molar refractivity (Wildman–Crippen MR) is 175 cm³/mol. The summed E-state index contributed by atoms with van der Waals surface area (Å²) in [4.78, 5) is 40.9. The minimum absolute atomic E-state index is 0.0631. The van der Waals surface area contributed by atoms with Gasteiger partial charge in [-0.25, -0.2) is 14.8 Å². The zero-order valence-electron chi connectivity index (χ0n) is 25.6. The molecule has 3 N–H and O–H groups in total. The number of Topliss-reactive ketones (excluding diaryl/α,β-unsaturated/α-hetero) is 1. The molecule has 0 saturated carbocycles.